The fourth-order valence-electron chi connectivity index (χ4n) is 3.55. The third kappa shape index (κ3) is 5.82. The van der Waals surface area contributed by atoms with Crippen molar-refractivity contribution in [2.75, 3.05) is 5.32 Å². The fraction of sp³-hybridized carbons (Fsp3) is 0.444. The summed E-state index contributed by atoms with van der Waals surface area (Å²) in [6, 6.07) is 17.5. The molecule has 2 aromatic carbocycles. The van der Waals surface area contributed by atoms with E-state index in [0.29, 0.717) is 0 Å². The maximum Gasteiger partial charge on any atom is 0.0643 e. The van der Waals surface area contributed by atoms with Crippen molar-refractivity contribution in [2.45, 2.75) is 78.2 Å². The van der Waals surface area contributed by atoms with Crippen molar-refractivity contribution in [1.82, 2.24) is 0 Å². The van der Waals surface area contributed by atoms with Crippen molar-refractivity contribution < 1.29 is 0 Å². The quantitative estimate of drug-likeness (QED) is 0.579. The number of aliphatic imine (C=N–C) groups is 1. The fourth-order valence-corrected chi connectivity index (χ4v) is 3.55. The van der Waals surface area contributed by atoms with Gasteiger partial charge in [-0.15, -0.1) is 0 Å². The van der Waals surface area contributed by atoms with Crippen LogP contribution in [0.15, 0.2) is 65.3 Å². The molecule has 0 amide bonds. The molecule has 0 unspecified atom stereocenters. The number of allylic oxidation sites excluding steroid dienone is 2. The van der Waals surface area contributed by atoms with E-state index in [-0.39, 0.29) is 10.8 Å². The van der Waals surface area contributed by atoms with Gasteiger partial charge in [-0.25, -0.2) is 0 Å². The molecule has 2 heteroatoms. The Kier molecular flexibility index (Phi) is 6.31. The van der Waals surface area contributed by atoms with E-state index < -0.39 is 0 Å². The lowest BCUT2D eigenvalue weighted by atomic mass is 9.80. The van der Waals surface area contributed by atoms with Gasteiger partial charge in [-0.05, 0) is 58.9 Å². The molecule has 1 N–H and O–H groups in total. The van der Waals surface area contributed by atoms with Crippen LogP contribution in [0.1, 0.15) is 77.5 Å². The molecule has 29 heavy (non-hydrogen) atoms. The van der Waals surface area contributed by atoms with Gasteiger partial charge in [0.1, 0.15) is 0 Å². The molecule has 3 rings (SSSR count). The van der Waals surface area contributed by atoms with Gasteiger partial charge < -0.3 is 5.32 Å². The van der Waals surface area contributed by atoms with Crippen LogP contribution < -0.4 is 5.32 Å². The van der Waals surface area contributed by atoms with E-state index in [1.54, 1.807) is 0 Å². The number of rotatable bonds is 4. The summed E-state index contributed by atoms with van der Waals surface area (Å²) >= 11 is 0. The van der Waals surface area contributed by atoms with E-state index in [0.717, 1.165) is 19.4 Å². The first kappa shape index (κ1) is 21.4. The number of nitrogens with zero attached hydrogens (tertiary/aromatic N) is 1. The van der Waals surface area contributed by atoms with Crippen LogP contribution in [0.2, 0.25) is 0 Å². The zero-order valence-corrected chi connectivity index (χ0v) is 19.0. The first-order chi connectivity index (χ1) is 13.6. The van der Waals surface area contributed by atoms with E-state index in [1.165, 1.54) is 40.2 Å². The van der Waals surface area contributed by atoms with Crippen LogP contribution in [-0.4, -0.2) is 5.71 Å². The van der Waals surface area contributed by atoms with Crippen molar-refractivity contribution in [3.05, 3.63) is 77.0 Å². The van der Waals surface area contributed by atoms with Crippen LogP contribution in [0.5, 0.6) is 0 Å². The molecule has 154 valence electrons. The second kappa shape index (κ2) is 8.57. The molecule has 0 saturated heterocycles. The lowest BCUT2D eigenvalue weighted by Gasteiger charge is -2.27. The molecular weight excluding hydrogens is 352 g/mol. The Hall–Kier alpha value is -2.35. The number of nitrogens with one attached hydrogen (secondary N) is 1. The van der Waals surface area contributed by atoms with Crippen LogP contribution in [0, 0.1) is 0 Å². The zero-order chi connectivity index (χ0) is 21.1. The van der Waals surface area contributed by atoms with Crippen molar-refractivity contribution >= 4 is 11.4 Å². The van der Waals surface area contributed by atoms with Crippen molar-refractivity contribution in [3.8, 4) is 0 Å². The van der Waals surface area contributed by atoms with Crippen LogP contribution in [0.25, 0.3) is 0 Å². The van der Waals surface area contributed by atoms with Gasteiger partial charge in [-0.2, -0.15) is 0 Å². The summed E-state index contributed by atoms with van der Waals surface area (Å²) in [5.41, 5.74) is 7.76. The topological polar surface area (TPSA) is 24.4 Å². The number of hydrogen-bond donors (Lipinski definition) is 1. The molecule has 0 saturated carbocycles. The zero-order valence-electron chi connectivity index (χ0n) is 19.0. The summed E-state index contributed by atoms with van der Waals surface area (Å²) in [6.07, 6.45) is 5.64. The Labute approximate surface area is 177 Å². The van der Waals surface area contributed by atoms with Gasteiger partial charge in [0.15, 0.2) is 0 Å². The van der Waals surface area contributed by atoms with Crippen molar-refractivity contribution in [3.63, 3.8) is 0 Å². The highest BCUT2D eigenvalue weighted by molar-refractivity contribution is 6.03. The standard InChI is InChI=1S/C27H36N2/c1-26(2,3)21-16-22(27(4,5)6)18-23(17-21)29-25-15-11-10-14-24(25)28-19-20-12-8-7-9-13-20/h7-9,12-13,15-18,29H,10-11,14,19H2,1-6H3. The van der Waals surface area contributed by atoms with Crippen molar-refractivity contribution in [2.24, 2.45) is 4.99 Å². The minimum atomic E-state index is 0.114. The molecule has 0 aromatic heterocycles. The Morgan fingerprint density at radius 2 is 1.48 bits per heavy atom. The molecule has 2 aromatic rings. The Morgan fingerprint density at radius 3 is 2.07 bits per heavy atom. The summed E-state index contributed by atoms with van der Waals surface area (Å²) < 4.78 is 0. The molecule has 1 aliphatic carbocycles. The van der Waals surface area contributed by atoms with E-state index in [1.807, 2.05) is 0 Å². The normalized spacial score (nSPS) is 16.6. The second-order valence-corrected chi connectivity index (χ2v) is 10.2. The van der Waals surface area contributed by atoms with Gasteiger partial charge in [0.05, 0.1) is 18.0 Å². The molecule has 2 nitrogen and oxygen atoms in total. The van der Waals surface area contributed by atoms with Gasteiger partial charge >= 0.3 is 0 Å². The number of hydrogen-bond acceptors (Lipinski definition) is 2. The summed E-state index contributed by atoms with van der Waals surface area (Å²) in [4.78, 5) is 4.96. The Balaban J connectivity index is 1.89. The first-order valence-electron chi connectivity index (χ1n) is 10.8. The average Bonchev–Trinajstić information content (AvgIpc) is 2.66. The minimum absolute atomic E-state index is 0.114. The van der Waals surface area contributed by atoms with E-state index in [2.05, 4.69) is 101 Å². The van der Waals surface area contributed by atoms with Crippen LogP contribution in [0.4, 0.5) is 5.69 Å². The maximum absolute atomic E-state index is 4.96. The smallest absolute Gasteiger partial charge is 0.0643 e. The predicted molar refractivity (Wildman–Crippen MR) is 127 cm³/mol. The third-order valence-electron chi connectivity index (χ3n) is 5.52. The summed E-state index contributed by atoms with van der Waals surface area (Å²) in [5, 5.41) is 3.72. The van der Waals surface area contributed by atoms with E-state index in [4.69, 9.17) is 4.99 Å². The van der Waals surface area contributed by atoms with E-state index in [9.17, 15) is 0 Å². The lowest BCUT2D eigenvalue weighted by molar-refractivity contribution is 0.569. The highest BCUT2D eigenvalue weighted by atomic mass is 14.9. The van der Waals surface area contributed by atoms with Gasteiger partial charge in [-0.1, -0.05) is 84.0 Å². The first-order valence-corrected chi connectivity index (χ1v) is 10.8. The molecule has 0 aliphatic heterocycles. The van der Waals surface area contributed by atoms with E-state index >= 15 is 0 Å². The summed E-state index contributed by atoms with van der Waals surface area (Å²) in [7, 11) is 0. The average molecular weight is 389 g/mol. The van der Waals surface area contributed by atoms with Crippen LogP contribution >= 0.6 is 0 Å². The predicted octanol–water partition coefficient (Wildman–Crippen LogP) is 7.40. The van der Waals surface area contributed by atoms with Gasteiger partial charge in [0.25, 0.3) is 0 Å². The molecule has 1 aliphatic rings. The molecule has 0 spiro atoms. The molecule has 0 fully saturated rings. The van der Waals surface area contributed by atoms with Crippen molar-refractivity contribution in [1.29, 1.82) is 0 Å². The summed E-state index contributed by atoms with van der Waals surface area (Å²) in [5.74, 6) is 0. The lowest BCUT2D eigenvalue weighted by Crippen LogP contribution is -2.19. The SMILES string of the molecule is CC(C)(C)c1cc(NC2=CCCCC2=NCc2ccccc2)cc(C(C)(C)C)c1. The molecule has 0 heterocycles. The number of benzene rings is 2. The second-order valence-electron chi connectivity index (χ2n) is 10.2. The van der Waals surface area contributed by atoms with Gasteiger partial charge in [0, 0.05) is 5.69 Å². The Bertz CT molecular complexity index is 858. The highest BCUT2D eigenvalue weighted by Crippen LogP contribution is 2.33. The largest absolute Gasteiger partial charge is 0.354 e. The number of anilines is 1. The molecule has 0 radical (unpaired) electrons. The summed E-state index contributed by atoms with van der Waals surface area (Å²) in [6.45, 7) is 14.4. The minimum Gasteiger partial charge on any atom is -0.354 e. The molecule has 0 bridgehead atoms. The molecular formula is C27H36N2. The highest BCUT2D eigenvalue weighted by Gasteiger charge is 2.21. The molecule has 0 atom stereocenters. The Morgan fingerprint density at radius 1 is 0.862 bits per heavy atom. The van der Waals surface area contributed by atoms with Crippen LogP contribution in [0.3, 0.4) is 0 Å². The van der Waals surface area contributed by atoms with Crippen LogP contribution in [-0.2, 0) is 17.4 Å². The monoisotopic (exact) mass is 388 g/mol. The third-order valence-corrected chi connectivity index (χ3v) is 5.52. The van der Waals surface area contributed by atoms with Gasteiger partial charge in [0.2, 0.25) is 0 Å². The van der Waals surface area contributed by atoms with Gasteiger partial charge in [-0.3, -0.25) is 4.99 Å². The maximum atomic E-state index is 4.96.